The fourth-order valence-electron chi connectivity index (χ4n) is 1.65. The predicted molar refractivity (Wildman–Crippen MR) is 63.8 cm³/mol. The summed E-state index contributed by atoms with van der Waals surface area (Å²) in [5.41, 5.74) is -6.38. The number of cyclic esters (lactones) is 1. The number of ether oxygens (including phenoxy) is 2. The first-order valence-electron chi connectivity index (χ1n) is 5.62. The van der Waals surface area contributed by atoms with E-state index >= 15 is 0 Å². The molecule has 122 valence electrons. The zero-order valence-corrected chi connectivity index (χ0v) is 11.9. The molecule has 22 heavy (non-hydrogen) atoms. The molecule has 1 aromatic rings. The van der Waals surface area contributed by atoms with Crippen LogP contribution in [0.4, 0.5) is 13.2 Å². The quantitative estimate of drug-likeness (QED) is 0.498. The molecule has 0 bridgehead atoms. The Morgan fingerprint density at radius 3 is 2.36 bits per heavy atom. The Bertz CT molecular complexity index is 737. The van der Waals surface area contributed by atoms with Gasteiger partial charge in [0, 0.05) is 26.0 Å². The Kier molecular flexibility index (Phi) is 3.43. The normalized spacial score (nSPS) is 17.2. The number of aromatic hydroxyl groups is 1. The molecule has 1 aromatic carbocycles. The van der Waals surface area contributed by atoms with E-state index in [1.54, 1.807) is 0 Å². The molecule has 0 saturated carbocycles. The van der Waals surface area contributed by atoms with Crippen molar-refractivity contribution in [3.05, 3.63) is 17.7 Å². The molecule has 11 heteroatoms. The fraction of sp³-hybridized carbons (Fsp3) is 0.364. The zero-order chi connectivity index (χ0) is 16.9. The molecule has 0 saturated heterocycles. The molecule has 0 aliphatic carbocycles. The Hall–Kier alpha value is -2.17. The lowest BCUT2D eigenvalue weighted by Gasteiger charge is -2.32. The van der Waals surface area contributed by atoms with Gasteiger partial charge in [-0.05, 0) is 0 Å². The highest BCUT2D eigenvalue weighted by Crippen LogP contribution is 2.41. The number of halogens is 3. The fourth-order valence-corrected chi connectivity index (χ4v) is 2.11. The molecule has 1 N–H and O–H groups in total. The summed E-state index contributed by atoms with van der Waals surface area (Å²) in [6, 6.07) is 1.45. The van der Waals surface area contributed by atoms with E-state index in [0.717, 1.165) is 6.07 Å². The highest BCUT2D eigenvalue weighted by Gasteiger charge is 2.49. The second-order valence-electron chi connectivity index (χ2n) is 4.69. The molecule has 0 aromatic heterocycles. The third kappa shape index (κ3) is 2.89. The van der Waals surface area contributed by atoms with E-state index in [1.807, 2.05) is 0 Å². The van der Waals surface area contributed by atoms with Crippen LogP contribution >= 0.6 is 0 Å². The van der Waals surface area contributed by atoms with Gasteiger partial charge < -0.3 is 18.8 Å². The molecule has 7 nitrogen and oxygen atoms in total. The molecule has 0 unspecified atom stereocenters. The summed E-state index contributed by atoms with van der Waals surface area (Å²) in [6.07, 6.45) is 0. The number of fused-ring (bicyclic) bond motifs is 1. The van der Waals surface area contributed by atoms with Gasteiger partial charge in [-0.15, -0.1) is 0 Å². The highest BCUT2D eigenvalue weighted by atomic mass is 32.2. The van der Waals surface area contributed by atoms with Gasteiger partial charge in [0.15, 0.2) is 5.75 Å². The van der Waals surface area contributed by atoms with Gasteiger partial charge in [-0.1, -0.05) is 0 Å². The van der Waals surface area contributed by atoms with Crippen molar-refractivity contribution in [2.75, 3.05) is 0 Å². The van der Waals surface area contributed by atoms with Crippen LogP contribution in [0, 0.1) is 0 Å². The number of carbonyl (C=O) groups excluding carboxylic acids is 1. The molecule has 2 rings (SSSR count). The SMILES string of the molecule is CC1(C)OC(=O)c2c(cc(O)cc2OS(=O)(=O)C(F)(F)F)O1. The smallest absolute Gasteiger partial charge is 0.508 e. The number of phenols is 1. The van der Waals surface area contributed by atoms with E-state index < -0.39 is 44.4 Å². The Morgan fingerprint density at radius 1 is 1.23 bits per heavy atom. The Morgan fingerprint density at radius 2 is 1.82 bits per heavy atom. The molecular weight excluding hydrogens is 333 g/mol. The van der Waals surface area contributed by atoms with Gasteiger partial charge in [0.25, 0.3) is 0 Å². The minimum atomic E-state index is -6.03. The third-order valence-electron chi connectivity index (χ3n) is 2.43. The number of esters is 1. The van der Waals surface area contributed by atoms with Gasteiger partial charge >= 0.3 is 21.6 Å². The van der Waals surface area contributed by atoms with E-state index in [4.69, 9.17) is 9.47 Å². The van der Waals surface area contributed by atoms with Crippen LogP contribution in [0.25, 0.3) is 0 Å². The van der Waals surface area contributed by atoms with Gasteiger partial charge in [0.2, 0.25) is 5.79 Å². The Balaban J connectivity index is 2.56. The van der Waals surface area contributed by atoms with Crippen LogP contribution < -0.4 is 8.92 Å². The summed E-state index contributed by atoms with van der Waals surface area (Å²) in [5, 5.41) is 9.44. The van der Waals surface area contributed by atoms with Crippen LogP contribution in [0.15, 0.2) is 12.1 Å². The van der Waals surface area contributed by atoms with Crippen molar-refractivity contribution >= 4 is 16.1 Å². The lowest BCUT2D eigenvalue weighted by Crippen LogP contribution is -2.39. The summed E-state index contributed by atoms with van der Waals surface area (Å²) in [7, 11) is -6.03. The first-order valence-corrected chi connectivity index (χ1v) is 7.03. The third-order valence-corrected chi connectivity index (χ3v) is 3.40. The number of rotatable bonds is 2. The van der Waals surface area contributed by atoms with E-state index in [9.17, 15) is 31.5 Å². The summed E-state index contributed by atoms with van der Waals surface area (Å²) in [4.78, 5) is 11.8. The van der Waals surface area contributed by atoms with Gasteiger partial charge in [-0.2, -0.15) is 21.6 Å². The minimum absolute atomic E-state index is 0.367. The summed E-state index contributed by atoms with van der Waals surface area (Å²) < 4.78 is 72.9. The Labute approximate surface area is 122 Å². The minimum Gasteiger partial charge on any atom is -0.508 e. The van der Waals surface area contributed by atoms with Crippen LogP contribution in [0.3, 0.4) is 0 Å². The van der Waals surface area contributed by atoms with Crippen LogP contribution in [0.5, 0.6) is 17.2 Å². The number of alkyl halides is 3. The molecule has 0 atom stereocenters. The van der Waals surface area contributed by atoms with Gasteiger partial charge in [-0.3, -0.25) is 0 Å². The van der Waals surface area contributed by atoms with Gasteiger partial charge in [0.1, 0.15) is 17.1 Å². The highest BCUT2D eigenvalue weighted by molar-refractivity contribution is 7.88. The number of hydrogen-bond donors (Lipinski definition) is 1. The first kappa shape index (κ1) is 16.2. The molecule has 0 spiro atoms. The number of benzene rings is 1. The maximum atomic E-state index is 12.3. The first-order chi connectivity index (χ1) is 9.82. The predicted octanol–water partition coefficient (Wildman–Crippen LogP) is 1.91. The standard InChI is InChI=1S/C11H9F3O7S/c1-10(2)19-6-3-5(15)4-7(8(6)9(16)20-10)21-22(17,18)11(12,13)14/h3-4,15H,1-2H3. The number of carbonyl (C=O) groups is 1. The molecule has 1 aliphatic rings. The van der Waals surface area contributed by atoms with Crippen molar-refractivity contribution in [1.82, 2.24) is 0 Å². The maximum Gasteiger partial charge on any atom is 0.534 e. The van der Waals surface area contributed by atoms with Crippen molar-refractivity contribution in [2.24, 2.45) is 0 Å². The van der Waals surface area contributed by atoms with Crippen molar-refractivity contribution in [3.8, 4) is 17.2 Å². The molecule has 1 heterocycles. The van der Waals surface area contributed by atoms with Crippen LogP contribution in [0.1, 0.15) is 24.2 Å². The van der Waals surface area contributed by atoms with E-state index in [1.165, 1.54) is 13.8 Å². The lowest BCUT2D eigenvalue weighted by molar-refractivity contribution is -0.127. The van der Waals surface area contributed by atoms with Gasteiger partial charge in [-0.25, -0.2) is 4.79 Å². The zero-order valence-electron chi connectivity index (χ0n) is 11.1. The largest absolute Gasteiger partial charge is 0.534 e. The second kappa shape index (κ2) is 4.66. The summed E-state index contributed by atoms with van der Waals surface area (Å²) in [5.74, 6) is -4.67. The van der Waals surface area contributed by atoms with Crippen LogP contribution in [-0.4, -0.2) is 30.8 Å². The van der Waals surface area contributed by atoms with Crippen molar-refractivity contribution in [3.63, 3.8) is 0 Å². The monoisotopic (exact) mass is 342 g/mol. The maximum absolute atomic E-state index is 12.3. The average Bonchev–Trinajstić information content (AvgIpc) is 2.22. The summed E-state index contributed by atoms with van der Waals surface area (Å²) in [6.45, 7) is 2.68. The van der Waals surface area contributed by atoms with Crippen molar-refractivity contribution in [1.29, 1.82) is 0 Å². The molecule has 0 fully saturated rings. The second-order valence-corrected chi connectivity index (χ2v) is 6.23. The van der Waals surface area contributed by atoms with Crippen molar-refractivity contribution < 1.29 is 45.1 Å². The topological polar surface area (TPSA) is 99.1 Å². The average molecular weight is 342 g/mol. The van der Waals surface area contributed by atoms with E-state index in [2.05, 4.69) is 4.18 Å². The van der Waals surface area contributed by atoms with Gasteiger partial charge in [0.05, 0.1) is 0 Å². The van der Waals surface area contributed by atoms with Crippen LogP contribution in [-0.2, 0) is 14.9 Å². The van der Waals surface area contributed by atoms with E-state index in [-0.39, 0.29) is 5.75 Å². The number of hydrogen-bond acceptors (Lipinski definition) is 7. The molecular formula is C11H9F3O7S. The number of phenolic OH excluding ortho intramolecular Hbond substituents is 1. The molecule has 1 aliphatic heterocycles. The molecule has 0 amide bonds. The van der Waals surface area contributed by atoms with E-state index in [0.29, 0.717) is 6.07 Å². The van der Waals surface area contributed by atoms with Crippen LogP contribution in [0.2, 0.25) is 0 Å². The summed E-state index contributed by atoms with van der Waals surface area (Å²) >= 11 is 0. The lowest BCUT2D eigenvalue weighted by atomic mass is 10.1. The molecule has 0 radical (unpaired) electrons. The van der Waals surface area contributed by atoms with Crippen molar-refractivity contribution in [2.45, 2.75) is 25.1 Å².